The summed E-state index contributed by atoms with van der Waals surface area (Å²) in [5, 5.41) is 0. The van der Waals surface area contributed by atoms with Gasteiger partial charge in [0.2, 0.25) is 0 Å². The molecule has 2 rings (SSSR count). The molecule has 2 heterocycles. The zero-order valence-corrected chi connectivity index (χ0v) is 9.69. The Morgan fingerprint density at radius 2 is 1.00 bits per heavy atom. The molecule has 0 aromatic heterocycles. The number of amides is 4. The van der Waals surface area contributed by atoms with E-state index >= 15 is 0 Å². The minimum Gasteiger partial charge on any atom is -0.268 e. The van der Waals surface area contributed by atoms with Gasteiger partial charge in [0.1, 0.15) is 24.5 Å². The molecule has 4 amide bonds. The van der Waals surface area contributed by atoms with E-state index in [0.29, 0.717) is 24.5 Å². The average molecular weight is 272 g/mol. The van der Waals surface area contributed by atoms with Crippen molar-refractivity contribution in [3.8, 4) is 0 Å². The summed E-state index contributed by atoms with van der Waals surface area (Å²) in [4.78, 5) is 44.4. The Hall–Kier alpha value is -1.58. The van der Waals surface area contributed by atoms with Crippen molar-refractivity contribution in [2.45, 2.75) is 0 Å². The lowest BCUT2D eigenvalue weighted by molar-refractivity contribution is -0.131. The highest BCUT2D eigenvalue weighted by atomic mass is 32.2. The Morgan fingerprint density at radius 3 is 1.29 bits per heavy atom. The first-order valence-corrected chi connectivity index (χ1v) is 5.63. The second-order valence-electron chi connectivity index (χ2n) is 2.83. The van der Waals surface area contributed by atoms with Gasteiger partial charge in [0, 0.05) is 24.3 Å². The molecule has 0 bridgehead atoms. The molecule has 17 heavy (non-hydrogen) atoms. The maximum atomic E-state index is 11.1. The minimum absolute atomic E-state index is 0.452. The summed E-state index contributed by atoms with van der Waals surface area (Å²) in [6.45, 7) is 0. The van der Waals surface area contributed by atoms with Crippen LogP contribution < -0.4 is 0 Å². The van der Waals surface area contributed by atoms with Gasteiger partial charge < -0.3 is 0 Å². The number of hydrogen-bond donors (Lipinski definition) is 0. The van der Waals surface area contributed by atoms with Gasteiger partial charge >= 0.3 is 0 Å². The smallest absolute Gasteiger partial charge is 0.265 e. The Morgan fingerprint density at radius 1 is 0.706 bits per heavy atom. The van der Waals surface area contributed by atoms with E-state index < -0.39 is 23.6 Å². The van der Waals surface area contributed by atoms with E-state index in [1.807, 2.05) is 0 Å². The Labute approximate surface area is 104 Å². The summed E-state index contributed by atoms with van der Waals surface area (Å²) in [6.07, 6.45) is 4.38. The molecule has 0 aromatic rings. The normalized spacial score (nSPS) is 19.1. The molecule has 0 saturated carbocycles. The predicted molar refractivity (Wildman–Crippen MR) is 58.3 cm³/mol. The van der Waals surface area contributed by atoms with Crippen molar-refractivity contribution in [1.82, 2.24) is 8.61 Å². The third-order valence-electron chi connectivity index (χ3n) is 1.75. The summed E-state index contributed by atoms with van der Waals surface area (Å²) < 4.78 is 6.32. The third kappa shape index (κ3) is 2.40. The quantitative estimate of drug-likeness (QED) is 0.404. The van der Waals surface area contributed by atoms with E-state index in [0.717, 1.165) is 32.9 Å². The zero-order valence-electron chi connectivity index (χ0n) is 8.06. The van der Waals surface area contributed by atoms with Crippen LogP contribution in [0.2, 0.25) is 0 Å². The van der Waals surface area contributed by atoms with Gasteiger partial charge in [0.25, 0.3) is 23.6 Å². The van der Waals surface area contributed by atoms with Crippen molar-refractivity contribution < 1.29 is 22.8 Å². The third-order valence-corrected chi connectivity index (χ3v) is 3.25. The lowest BCUT2D eigenvalue weighted by atomic mass is 10.6. The van der Waals surface area contributed by atoms with Gasteiger partial charge in [-0.25, -0.2) is 3.63 Å². The fourth-order valence-corrected chi connectivity index (χ4v) is 2.13. The molecule has 0 aromatic carbocycles. The van der Waals surface area contributed by atoms with Crippen LogP contribution in [-0.2, 0) is 22.8 Å². The second-order valence-corrected chi connectivity index (χ2v) is 4.40. The topological polar surface area (TPSA) is 84.0 Å². The van der Waals surface area contributed by atoms with Crippen LogP contribution in [0.5, 0.6) is 0 Å². The molecule has 0 saturated heterocycles. The highest BCUT2D eigenvalue weighted by Crippen LogP contribution is 2.27. The molecule has 0 N–H and O–H groups in total. The highest BCUT2D eigenvalue weighted by Gasteiger charge is 2.29. The van der Waals surface area contributed by atoms with Crippen LogP contribution in [0.1, 0.15) is 0 Å². The maximum absolute atomic E-state index is 11.1. The van der Waals surface area contributed by atoms with Crippen LogP contribution in [0.25, 0.3) is 0 Å². The van der Waals surface area contributed by atoms with Gasteiger partial charge in [-0.3, -0.25) is 19.2 Å². The van der Waals surface area contributed by atoms with E-state index in [2.05, 4.69) is 0 Å². The van der Waals surface area contributed by atoms with Gasteiger partial charge in [0.15, 0.2) is 0 Å². The number of hydrogen-bond acceptors (Lipinski definition) is 7. The number of nitrogens with zero attached hydrogens (tertiary/aromatic N) is 2. The monoisotopic (exact) mass is 272 g/mol. The van der Waals surface area contributed by atoms with E-state index in [4.69, 9.17) is 3.63 Å². The zero-order chi connectivity index (χ0) is 12.4. The molecule has 0 atom stereocenters. The van der Waals surface area contributed by atoms with E-state index in [9.17, 15) is 19.2 Å². The molecule has 0 radical (unpaired) electrons. The predicted octanol–water partition coefficient (Wildman–Crippen LogP) is -0.0206. The Bertz CT molecular complexity index is 395. The lowest BCUT2D eigenvalue weighted by Crippen LogP contribution is -2.24. The van der Waals surface area contributed by atoms with Gasteiger partial charge in [0.05, 0.1) is 0 Å². The SMILES string of the molecule is O=C1C=CC(=O)N1SOSN1C(=O)C=CC1=O. The first-order chi connectivity index (χ1) is 8.09. The molecular weight excluding hydrogens is 268 g/mol. The van der Waals surface area contributed by atoms with Crippen LogP contribution in [0.4, 0.5) is 0 Å². The molecule has 0 spiro atoms. The standard InChI is InChI=1S/C8H4N2O5S2/c11-5-1-2-6(12)9(5)16-15-17-10-7(13)3-4-8(10)14/h1-4H. The Balaban J connectivity index is 1.81. The first-order valence-electron chi connectivity index (χ1n) is 4.23. The van der Waals surface area contributed by atoms with E-state index in [1.54, 1.807) is 0 Å². The maximum Gasteiger partial charge on any atom is 0.265 e. The summed E-state index contributed by atoms with van der Waals surface area (Å²) in [5.41, 5.74) is 0. The second kappa shape index (κ2) is 4.73. The number of rotatable bonds is 4. The van der Waals surface area contributed by atoms with Gasteiger partial charge in [-0.05, 0) is 0 Å². The van der Waals surface area contributed by atoms with Crippen LogP contribution in [0.3, 0.4) is 0 Å². The van der Waals surface area contributed by atoms with E-state index in [1.165, 1.54) is 0 Å². The van der Waals surface area contributed by atoms with Crippen LogP contribution in [0.15, 0.2) is 24.3 Å². The van der Waals surface area contributed by atoms with Gasteiger partial charge in [-0.15, -0.1) is 0 Å². The fraction of sp³-hybridized carbons (Fsp3) is 0. The molecule has 2 aliphatic rings. The van der Waals surface area contributed by atoms with Crippen molar-refractivity contribution >= 4 is 48.1 Å². The number of carbonyl (C=O) groups is 4. The molecule has 0 unspecified atom stereocenters. The van der Waals surface area contributed by atoms with Crippen molar-refractivity contribution in [2.75, 3.05) is 0 Å². The van der Waals surface area contributed by atoms with Crippen LogP contribution >= 0.6 is 24.5 Å². The number of imide groups is 2. The first kappa shape index (κ1) is 11.9. The minimum atomic E-state index is -0.530. The van der Waals surface area contributed by atoms with Crippen molar-refractivity contribution in [3.05, 3.63) is 24.3 Å². The largest absolute Gasteiger partial charge is 0.268 e. The van der Waals surface area contributed by atoms with Gasteiger partial charge in [-0.2, -0.15) is 8.61 Å². The lowest BCUT2D eigenvalue weighted by Gasteiger charge is -2.13. The summed E-state index contributed by atoms with van der Waals surface area (Å²) in [6, 6.07) is 0. The summed E-state index contributed by atoms with van der Waals surface area (Å²) >= 11 is 0.904. The average Bonchev–Trinajstić information content (AvgIpc) is 2.77. The molecule has 88 valence electrons. The summed E-state index contributed by atoms with van der Waals surface area (Å²) in [5.74, 6) is -2.12. The van der Waals surface area contributed by atoms with Crippen LogP contribution in [-0.4, -0.2) is 32.2 Å². The molecule has 2 aliphatic heterocycles. The molecule has 0 aliphatic carbocycles. The van der Waals surface area contributed by atoms with Crippen LogP contribution in [0, 0.1) is 0 Å². The molecule has 9 heteroatoms. The van der Waals surface area contributed by atoms with Crippen molar-refractivity contribution in [2.24, 2.45) is 0 Å². The number of carbonyl (C=O) groups excluding carboxylic acids is 4. The Kier molecular flexibility index (Phi) is 3.31. The fourth-order valence-electron chi connectivity index (χ4n) is 0.995. The molecule has 0 fully saturated rings. The van der Waals surface area contributed by atoms with Crippen molar-refractivity contribution in [3.63, 3.8) is 0 Å². The van der Waals surface area contributed by atoms with E-state index in [-0.39, 0.29) is 0 Å². The highest BCUT2D eigenvalue weighted by molar-refractivity contribution is 8.06. The summed E-state index contributed by atoms with van der Waals surface area (Å²) in [7, 11) is 0. The molecular formula is C8H4N2O5S2. The van der Waals surface area contributed by atoms with Gasteiger partial charge in [-0.1, -0.05) is 0 Å². The molecule has 7 nitrogen and oxygen atoms in total. The van der Waals surface area contributed by atoms with Crippen molar-refractivity contribution in [1.29, 1.82) is 0 Å².